The molecule has 0 aliphatic carbocycles. The molecule has 2 aromatic carbocycles. The van der Waals surface area contributed by atoms with E-state index in [-0.39, 0.29) is 52.7 Å². The van der Waals surface area contributed by atoms with Crippen LogP contribution in [-0.2, 0) is 19.4 Å². The third kappa shape index (κ3) is 11.0. The zero-order chi connectivity index (χ0) is 12.8. The zero-order valence-corrected chi connectivity index (χ0v) is 18.4. The predicted molar refractivity (Wildman–Crippen MR) is 104 cm³/mol. The van der Waals surface area contributed by atoms with Gasteiger partial charge in [0.1, 0.15) is 0 Å². The Labute approximate surface area is 162 Å². The van der Waals surface area contributed by atoms with Crippen molar-refractivity contribution in [3.63, 3.8) is 0 Å². The van der Waals surface area contributed by atoms with Gasteiger partial charge in [0.25, 0.3) is 0 Å². The van der Waals surface area contributed by atoms with Gasteiger partial charge in [-0.1, -0.05) is 56.3 Å². The van der Waals surface area contributed by atoms with Crippen molar-refractivity contribution < 1.29 is 28.2 Å². The molecule has 0 atom stereocenters. The molecule has 0 heterocycles. The number of anilines is 1. The van der Waals surface area contributed by atoms with Crippen molar-refractivity contribution >= 4 is 30.1 Å². The van der Waals surface area contributed by atoms with Crippen molar-refractivity contribution in [1.29, 1.82) is 0 Å². The Kier molecular flexibility index (Phi) is 32.2. The molecule has 25 heavy (non-hydrogen) atoms. The molecule has 0 saturated carbocycles. The first-order valence-corrected chi connectivity index (χ1v) is 6.73. The second-order valence-electron chi connectivity index (χ2n) is 4.49. The number of benzene rings is 2. The first-order valence-electron chi connectivity index (χ1n) is 6.73. The quantitative estimate of drug-likeness (QED) is 0.497. The molecular formula is C17H30F6NSb. The van der Waals surface area contributed by atoms with Crippen molar-refractivity contribution in [2.75, 3.05) is 5.32 Å². The van der Waals surface area contributed by atoms with Crippen LogP contribution in [0, 0.1) is 0 Å². The predicted octanol–water partition coefficient (Wildman–Crippen LogP) is 4.15. The van der Waals surface area contributed by atoms with Crippen LogP contribution < -0.4 is 5.32 Å². The average molecular weight is 484 g/mol. The molecule has 0 spiro atoms. The molecule has 2 rings (SSSR count). The maximum atomic E-state index is 3.56. The maximum absolute atomic E-state index is 3.56. The summed E-state index contributed by atoms with van der Waals surface area (Å²) < 4.78 is 0. The Morgan fingerprint density at radius 1 is 0.680 bits per heavy atom. The summed E-state index contributed by atoms with van der Waals surface area (Å²) in [5.41, 5.74) is 5.51. The topological polar surface area (TPSA) is 12.0 Å². The zero-order valence-electron chi connectivity index (χ0n) is 14.4. The summed E-state index contributed by atoms with van der Waals surface area (Å²) in [7, 11) is 0. The molecule has 0 radical (unpaired) electrons. The van der Waals surface area contributed by atoms with E-state index >= 15 is 0 Å². The van der Waals surface area contributed by atoms with Crippen molar-refractivity contribution in [1.82, 2.24) is 0 Å². The van der Waals surface area contributed by atoms with E-state index in [0.29, 0.717) is 0 Å². The van der Waals surface area contributed by atoms with Crippen LogP contribution in [0.3, 0.4) is 0 Å². The number of aryl methyl sites for hydroxylation is 1. The van der Waals surface area contributed by atoms with Crippen LogP contribution in [0.1, 0.15) is 30.5 Å². The van der Waals surface area contributed by atoms with Crippen LogP contribution in [0.5, 0.6) is 0 Å². The Balaban J connectivity index is -0.000000129. The number of nitrogens with one attached hydrogen (secondary N) is 1. The Morgan fingerprint density at radius 3 is 1.72 bits per heavy atom. The summed E-state index contributed by atoms with van der Waals surface area (Å²) in [6.45, 7) is 5.33. The van der Waals surface area contributed by atoms with Gasteiger partial charge in [0.05, 0.1) is 0 Å². The van der Waals surface area contributed by atoms with E-state index in [9.17, 15) is 0 Å². The van der Waals surface area contributed by atoms with Gasteiger partial charge >= 0.3 is 24.4 Å². The standard InChI is InChI=1S/C17H21N.6FH.Sb.3H/c1-3-15-11-8-12-17(16(15)4-2)18-13-14-9-6-5-7-10-14;;;;;;;;;;/h5-12,18H,3-4,13H2,1-2H3;6*1H;;;;. The summed E-state index contributed by atoms with van der Waals surface area (Å²) in [5, 5.41) is 3.56. The Hall–Kier alpha value is -1.36. The summed E-state index contributed by atoms with van der Waals surface area (Å²) in [6, 6.07) is 17.1. The summed E-state index contributed by atoms with van der Waals surface area (Å²) >= 11 is 0. The molecule has 2 aromatic rings. The van der Waals surface area contributed by atoms with Crippen LogP contribution in [0.4, 0.5) is 33.9 Å². The third-order valence-electron chi connectivity index (χ3n) is 3.33. The van der Waals surface area contributed by atoms with Gasteiger partial charge in [0.15, 0.2) is 0 Å². The van der Waals surface area contributed by atoms with Crippen LogP contribution in [0.2, 0.25) is 0 Å². The molecular weight excluding hydrogens is 454 g/mol. The molecule has 0 bridgehead atoms. The number of halogens is 6. The first kappa shape index (κ1) is 38.9. The van der Waals surface area contributed by atoms with Crippen LogP contribution in [0.25, 0.3) is 0 Å². The molecule has 1 N–H and O–H groups in total. The second-order valence-corrected chi connectivity index (χ2v) is 4.49. The molecule has 0 fully saturated rings. The van der Waals surface area contributed by atoms with Gasteiger partial charge in [-0.25, -0.2) is 0 Å². The van der Waals surface area contributed by atoms with Crippen LogP contribution >= 0.6 is 0 Å². The summed E-state index contributed by atoms with van der Waals surface area (Å²) in [5.74, 6) is 0. The van der Waals surface area contributed by atoms with Gasteiger partial charge in [-0.2, -0.15) is 0 Å². The van der Waals surface area contributed by atoms with Gasteiger partial charge in [0, 0.05) is 12.2 Å². The molecule has 0 amide bonds. The van der Waals surface area contributed by atoms with E-state index in [1.165, 1.54) is 22.4 Å². The van der Waals surface area contributed by atoms with Crippen LogP contribution in [-0.4, -0.2) is 24.4 Å². The van der Waals surface area contributed by atoms with E-state index in [4.69, 9.17) is 0 Å². The molecule has 0 aliphatic rings. The number of hydrogen-bond donors (Lipinski definition) is 1. The monoisotopic (exact) mass is 483 g/mol. The van der Waals surface area contributed by atoms with Gasteiger partial charge < -0.3 is 5.32 Å². The Bertz CT molecular complexity index is 514. The molecule has 150 valence electrons. The first-order chi connectivity index (χ1) is 8.85. The SMILES string of the molecule is CCc1cccc(NCc2ccccc2)c1CC.F.F.F.F.F.F.[SbH3]. The van der Waals surface area contributed by atoms with Gasteiger partial charge in [-0.3, -0.25) is 28.2 Å². The molecule has 1 nitrogen and oxygen atoms in total. The molecule has 0 aromatic heterocycles. The molecule has 8 heteroatoms. The number of hydrogen-bond acceptors (Lipinski definition) is 1. The molecule has 0 aliphatic heterocycles. The fraction of sp³-hybridized carbons (Fsp3) is 0.294. The van der Waals surface area contributed by atoms with Crippen molar-refractivity contribution in [3.8, 4) is 0 Å². The normalized spacial score (nSPS) is 7.44. The van der Waals surface area contributed by atoms with E-state index < -0.39 is 0 Å². The van der Waals surface area contributed by atoms with Gasteiger partial charge in [0.2, 0.25) is 0 Å². The average Bonchev–Trinajstić information content (AvgIpc) is 2.45. The van der Waals surface area contributed by atoms with E-state index in [2.05, 4.69) is 67.7 Å². The summed E-state index contributed by atoms with van der Waals surface area (Å²) in [6.07, 6.45) is 2.19. The fourth-order valence-electron chi connectivity index (χ4n) is 2.34. The summed E-state index contributed by atoms with van der Waals surface area (Å²) in [4.78, 5) is 0. The van der Waals surface area contributed by atoms with Crippen molar-refractivity contribution in [2.45, 2.75) is 33.2 Å². The number of rotatable bonds is 5. The fourth-order valence-corrected chi connectivity index (χ4v) is 2.34. The minimum atomic E-state index is 0. The van der Waals surface area contributed by atoms with E-state index in [1.807, 2.05) is 0 Å². The second kappa shape index (κ2) is 20.7. The van der Waals surface area contributed by atoms with Gasteiger partial charge in [-0.05, 0) is 35.6 Å². The molecule has 0 saturated heterocycles. The van der Waals surface area contributed by atoms with E-state index in [0.717, 1.165) is 19.4 Å². The Morgan fingerprint density at radius 2 is 1.24 bits per heavy atom. The van der Waals surface area contributed by atoms with Crippen LogP contribution in [0.15, 0.2) is 48.5 Å². The van der Waals surface area contributed by atoms with E-state index in [1.54, 1.807) is 0 Å². The third-order valence-corrected chi connectivity index (χ3v) is 3.33. The minimum absolute atomic E-state index is 0. The van der Waals surface area contributed by atoms with Gasteiger partial charge in [-0.15, -0.1) is 0 Å². The van der Waals surface area contributed by atoms with Crippen molar-refractivity contribution in [2.24, 2.45) is 0 Å². The van der Waals surface area contributed by atoms with Crippen molar-refractivity contribution in [3.05, 3.63) is 65.2 Å². The molecule has 0 unspecified atom stereocenters.